The van der Waals surface area contributed by atoms with Crippen molar-refractivity contribution < 1.29 is 9.59 Å². The molecule has 0 aromatic heterocycles. The van der Waals surface area contributed by atoms with Gasteiger partial charge in [0.1, 0.15) is 0 Å². The summed E-state index contributed by atoms with van der Waals surface area (Å²) in [4.78, 5) is 32.2. The first-order valence-electron chi connectivity index (χ1n) is 17.9. The number of unbranched alkanes of at least 4 members (excludes halogenated alkanes) is 1. The van der Waals surface area contributed by atoms with Crippen LogP contribution < -0.4 is 0 Å². The Bertz CT molecular complexity index is 1310. The first-order valence-corrected chi connectivity index (χ1v) is 17.9. The molecule has 1 saturated heterocycles. The lowest BCUT2D eigenvalue weighted by Gasteiger charge is -2.30. The Morgan fingerprint density at radius 1 is 0.744 bits per heavy atom. The van der Waals surface area contributed by atoms with Crippen LogP contribution in [0.15, 0.2) is 42.5 Å². The standard InChI is InChI=1S/C39H52N2O2/c1-2-3-21-41-26-40(25-37(41)27-11-6-4-5-7-12-27)24-31-13-10-16-32(31)30-18-17-28(22-30)29-19-20-35-36(23-29)39(43)34-15-9-8-14-33(34)38(35)42/h8-9,14-15,19-20,23,27-28,30-32,37H,2-7,10-13,16-18,21-22,24-26H2,1H3/t28-,30?,31+,32?,37?/m0/s1. The van der Waals surface area contributed by atoms with E-state index in [-0.39, 0.29) is 11.6 Å². The molecular weight excluding hydrogens is 528 g/mol. The molecule has 3 saturated carbocycles. The normalized spacial score (nSPS) is 30.5. The van der Waals surface area contributed by atoms with Gasteiger partial charge < -0.3 is 0 Å². The summed E-state index contributed by atoms with van der Waals surface area (Å²) in [5.41, 5.74) is 3.58. The first kappa shape index (κ1) is 29.4. The summed E-state index contributed by atoms with van der Waals surface area (Å²) in [5, 5.41) is 0. The molecule has 4 aliphatic carbocycles. The van der Waals surface area contributed by atoms with E-state index in [2.05, 4.69) is 28.9 Å². The van der Waals surface area contributed by atoms with E-state index in [1.807, 2.05) is 18.2 Å². The van der Waals surface area contributed by atoms with Crippen molar-refractivity contribution in [3.63, 3.8) is 0 Å². The van der Waals surface area contributed by atoms with Gasteiger partial charge >= 0.3 is 0 Å². The average Bonchev–Trinajstić information content (AvgIpc) is 3.75. The molecule has 43 heavy (non-hydrogen) atoms. The third-order valence-electron chi connectivity index (χ3n) is 12.2. The lowest BCUT2D eigenvalue weighted by atomic mass is 9.80. The van der Waals surface area contributed by atoms with Crippen LogP contribution in [0.3, 0.4) is 0 Å². The van der Waals surface area contributed by atoms with Gasteiger partial charge in [0.25, 0.3) is 0 Å². The second kappa shape index (κ2) is 13.0. The molecule has 0 bridgehead atoms. The number of ketones is 2. The Kier molecular flexibility index (Phi) is 8.87. The zero-order valence-corrected chi connectivity index (χ0v) is 26.4. The van der Waals surface area contributed by atoms with E-state index in [1.54, 1.807) is 12.1 Å². The fraction of sp³-hybridized carbons (Fsp3) is 0.641. The quantitative estimate of drug-likeness (QED) is 0.251. The molecule has 5 aliphatic rings. The van der Waals surface area contributed by atoms with Crippen LogP contribution in [-0.4, -0.2) is 53.7 Å². The molecule has 1 heterocycles. The number of rotatable bonds is 8. The van der Waals surface area contributed by atoms with E-state index in [1.165, 1.54) is 122 Å². The van der Waals surface area contributed by atoms with E-state index >= 15 is 0 Å². The topological polar surface area (TPSA) is 40.6 Å². The second-order valence-electron chi connectivity index (χ2n) is 14.8. The van der Waals surface area contributed by atoms with Crippen molar-refractivity contribution in [2.24, 2.45) is 23.7 Å². The predicted octanol–water partition coefficient (Wildman–Crippen LogP) is 8.48. The van der Waals surface area contributed by atoms with Crippen molar-refractivity contribution in [2.45, 2.75) is 109 Å². The Labute approximate surface area is 259 Å². The molecule has 4 fully saturated rings. The molecule has 2 aromatic carbocycles. The minimum atomic E-state index is -0.00806. The molecule has 1 aliphatic heterocycles. The molecule has 4 heteroatoms. The van der Waals surface area contributed by atoms with Gasteiger partial charge in [-0.1, -0.05) is 81.8 Å². The van der Waals surface area contributed by atoms with Crippen LogP contribution in [0.25, 0.3) is 0 Å². The number of hydrogen-bond donors (Lipinski definition) is 0. The smallest absolute Gasteiger partial charge is 0.194 e. The second-order valence-corrected chi connectivity index (χ2v) is 14.8. The van der Waals surface area contributed by atoms with Gasteiger partial charge in [-0.25, -0.2) is 0 Å². The van der Waals surface area contributed by atoms with E-state index in [4.69, 9.17) is 0 Å². The maximum absolute atomic E-state index is 13.4. The Balaban J connectivity index is 1.00. The van der Waals surface area contributed by atoms with Crippen LogP contribution in [0, 0.1) is 23.7 Å². The van der Waals surface area contributed by atoms with Crippen molar-refractivity contribution in [2.75, 3.05) is 26.3 Å². The molecule has 0 radical (unpaired) electrons. The van der Waals surface area contributed by atoms with Gasteiger partial charge in [0.2, 0.25) is 0 Å². The summed E-state index contributed by atoms with van der Waals surface area (Å²) in [6, 6.07) is 14.3. The maximum atomic E-state index is 13.4. The Morgan fingerprint density at radius 3 is 2.26 bits per heavy atom. The number of carbonyl (C=O) groups is 2. The van der Waals surface area contributed by atoms with Crippen molar-refractivity contribution >= 4 is 11.6 Å². The van der Waals surface area contributed by atoms with Crippen LogP contribution in [0.1, 0.15) is 140 Å². The summed E-state index contributed by atoms with van der Waals surface area (Å²) < 4.78 is 0. The van der Waals surface area contributed by atoms with Crippen molar-refractivity contribution in [3.05, 3.63) is 70.3 Å². The van der Waals surface area contributed by atoms with E-state index in [9.17, 15) is 9.59 Å². The Hall–Kier alpha value is -2.30. The highest BCUT2D eigenvalue weighted by molar-refractivity contribution is 6.28. The largest absolute Gasteiger partial charge is 0.289 e. The molecule has 0 amide bonds. The van der Waals surface area contributed by atoms with Gasteiger partial charge in [0, 0.05) is 41.4 Å². The molecular formula is C39H52N2O2. The van der Waals surface area contributed by atoms with Gasteiger partial charge in [-0.15, -0.1) is 0 Å². The SMILES string of the molecule is CCCCN1CN(C[C@H]2CCCC2C2CC[C@H](c3ccc4c(c3)C(=O)c3ccccc3C4=O)C2)CC1C1CCCCCC1. The fourth-order valence-corrected chi connectivity index (χ4v) is 10.00. The van der Waals surface area contributed by atoms with Crippen molar-refractivity contribution in [1.82, 2.24) is 9.80 Å². The zero-order valence-electron chi connectivity index (χ0n) is 26.4. The molecule has 2 aromatic rings. The highest BCUT2D eigenvalue weighted by atomic mass is 16.1. The lowest BCUT2D eigenvalue weighted by Crippen LogP contribution is -2.37. The summed E-state index contributed by atoms with van der Waals surface area (Å²) in [7, 11) is 0. The minimum absolute atomic E-state index is 0.00806. The number of fused-ring (bicyclic) bond motifs is 2. The number of benzene rings is 2. The molecule has 0 spiro atoms. The van der Waals surface area contributed by atoms with Crippen LogP contribution in [-0.2, 0) is 0 Å². The van der Waals surface area contributed by atoms with E-state index < -0.39 is 0 Å². The van der Waals surface area contributed by atoms with Gasteiger partial charge in [-0.3, -0.25) is 19.4 Å². The first-order chi connectivity index (χ1) is 21.1. The molecule has 7 rings (SSSR count). The summed E-state index contributed by atoms with van der Waals surface area (Å²) in [5.74, 6) is 3.90. The number of hydrogen-bond acceptors (Lipinski definition) is 4. The Morgan fingerprint density at radius 2 is 1.49 bits per heavy atom. The highest BCUT2D eigenvalue weighted by Gasteiger charge is 2.42. The highest BCUT2D eigenvalue weighted by Crippen LogP contribution is 2.49. The number of nitrogens with zero attached hydrogens (tertiary/aromatic N) is 2. The van der Waals surface area contributed by atoms with Crippen LogP contribution in [0.4, 0.5) is 0 Å². The van der Waals surface area contributed by atoms with Gasteiger partial charge in [0.05, 0.1) is 6.67 Å². The maximum Gasteiger partial charge on any atom is 0.194 e. The van der Waals surface area contributed by atoms with E-state index in [0.29, 0.717) is 28.2 Å². The monoisotopic (exact) mass is 580 g/mol. The molecule has 5 atom stereocenters. The third kappa shape index (κ3) is 5.91. The summed E-state index contributed by atoms with van der Waals surface area (Å²) >= 11 is 0. The predicted molar refractivity (Wildman–Crippen MR) is 174 cm³/mol. The van der Waals surface area contributed by atoms with Crippen LogP contribution in [0.5, 0.6) is 0 Å². The van der Waals surface area contributed by atoms with Gasteiger partial charge in [-0.2, -0.15) is 0 Å². The lowest BCUT2D eigenvalue weighted by molar-refractivity contribution is 0.0979. The van der Waals surface area contributed by atoms with Crippen LogP contribution >= 0.6 is 0 Å². The molecule has 4 nitrogen and oxygen atoms in total. The average molecular weight is 581 g/mol. The van der Waals surface area contributed by atoms with Gasteiger partial charge in [0.15, 0.2) is 11.6 Å². The van der Waals surface area contributed by atoms with Crippen molar-refractivity contribution in [3.8, 4) is 0 Å². The molecule has 0 N–H and O–H groups in total. The summed E-state index contributed by atoms with van der Waals surface area (Å²) in [6.45, 7) is 7.42. The van der Waals surface area contributed by atoms with E-state index in [0.717, 1.165) is 29.7 Å². The zero-order chi connectivity index (χ0) is 29.3. The number of carbonyl (C=O) groups excluding carboxylic acids is 2. The summed E-state index contributed by atoms with van der Waals surface area (Å²) in [6.07, 6.45) is 19.3. The molecule has 230 valence electrons. The van der Waals surface area contributed by atoms with Crippen molar-refractivity contribution in [1.29, 1.82) is 0 Å². The fourth-order valence-electron chi connectivity index (χ4n) is 10.00. The van der Waals surface area contributed by atoms with Gasteiger partial charge in [-0.05, 0) is 99.1 Å². The van der Waals surface area contributed by atoms with Crippen LogP contribution in [0.2, 0.25) is 0 Å². The third-order valence-corrected chi connectivity index (χ3v) is 12.2. The molecule has 3 unspecified atom stereocenters. The minimum Gasteiger partial charge on any atom is -0.289 e.